The Morgan fingerprint density at radius 2 is 1.60 bits per heavy atom. The number of nitrogens with one attached hydrogen (secondary N) is 1. The molecule has 1 atom stereocenters. The molecule has 0 spiro atoms. The predicted molar refractivity (Wildman–Crippen MR) is 151 cm³/mol. The number of rotatable bonds is 8. The second-order valence-electron chi connectivity index (χ2n) is 10.0. The highest BCUT2D eigenvalue weighted by atomic mass is 35.5. The first-order chi connectivity index (χ1) is 19.6. The fraction of sp³-hybridized carbons (Fsp3) is 0.250. The first kappa shape index (κ1) is 31.0. The molecule has 0 aliphatic carbocycles. The van der Waals surface area contributed by atoms with Gasteiger partial charge in [-0.25, -0.2) is 23.2 Å². The minimum Gasteiger partial charge on any atom is -0.457 e. The van der Waals surface area contributed by atoms with Crippen molar-refractivity contribution in [3.05, 3.63) is 88.4 Å². The van der Waals surface area contributed by atoms with E-state index in [2.05, 4.69) is 14.7 Å². The van der Waals surface area contributed by atoms with Crippen molar-refractivity contribution < 1.29 is 35.9 Å². The van der Waals surface area contributed by atoms with Crippen LogP contribution in [0.3, 0.4) is 0 Å². The van der Waals surface area contributed by atoms with Crippen LogP contribution in [0.2, 0.25) is 5.02 Å². The monoisotopic (exact) mass is 622 g/mol. The van der Waals surface area contributed by atoms with Crippen molar-refractivity contribution in [3.63, 3.8) is 0 Å². The van der Waals surface area contributed by atoms with Crippen LogP contribution >= 0.6 is 11.6 Å². The van der Waals surface area contributed by atoms with E-state index in [0.29, 0.717) is 0 Å². The van der Waals surface area contributed by atoms with Crippen LogP contribution in [-0.2, 0) is 21.3 Å². The molecule has 0 fully saturated rings. The summed E-state index contributed by atoms with van der Waals surface area (Å²) < 4.78 is 83.2. The Morgan fingerprint density at radius 1 is 0.976 bits per heavy atom. The molecule has 0 radical (unpaired) electrons. The lowest BCUT2D eigenvalue weighted by Crippen LogP contribution is -2.30. The molecule has 3 N–H and O–H groups in total. The maximum atomic E-state index is 14.6. The highest BCUT2D eigenvalue weighted by molar-refractivity contribution is 7.92. The number of alkyl halides is 3. The van der Waals surface area contributed by atoms with Gasteiger partial charge in [0.2, 0.25) is 11.9 Å². The summed E-state index contributed by atoms with van der Waals surface area (Å²) in [6, 6.07) is 15.3. The second-order valence-corrected chi connectivity index (χ2v) is 12.1. The number of hydrogen-bond acceptors (Lipinski definition) is 8. The number of hydrogen-bond donors (Lipinski definition) is 2. The van der Waals surface area contributed by atoms with Gasteiger partial charge in [-0.05, 0) is 56.7 Å². The topological polar surface area (TPSA) is 134 Å². The van der Waals surface area contributed by atoms with E-state index in [9.17, 15) is 26.4 Å². The Hall–Kier alpha value is -3.94. The average Bonchev–Trinajstić information content (AvgIpc) is 2.89. The SMILES string of the molecule is CC(C)(C)OC(=O)c1cccc(C(Oc2nc3ccccc3nc2NS(=O)(=O)c2ccccc2Cl)C(F)(F)F)c1CN. The van der Waals surface area contributed by atoms with Gasteiger partial charge in [-0.3, -0.25) is 4.72 Å². The summed E-state index contributed by atoms with van der Waals surface area (Å²) in [7, 11) is -4.45. The summed E-state index contributed by atoms with van der Waals surface area (Å²) in [6.07, 6.45) is -7.79. The van der Waals surface area contributed by atoms with Gasteiger partial charge in [0.1, 0.15) is 10.5 Å². The molecule has 4 aromatic rings. The molecule has 0 aliphatic rings. The Labute approximate surface area is 244 Å². The summed E-state index contributed by atoms with van der Waals surface area (Å²) in [5, 5.41) is -0.124. The smallest absolute Gasteiger partial charge is 0.429 e. The first-order valence-electron chi connectivity index (χ1n) is 12.4. The number of para-hydroxylation sites is 2. The van der Waals surface area contributed by atoms with Gasteiger partial charge in [-0.1, -0.05) is 48.0 Å². The number of nitrogens with two attached hydrogens (primary N) is 1. The molecule has 4 rings (SSSR count). The van der Waals surface area contributed by atoms with Crippen LogP contribution in [-0.4, -0.2) is 36.1 Å². The Bertz CT molecular complexity index is 1740. The van der Waals surface area contributed by atoms with Crippen LogP contribution in [0.4, 0.5) is 19.0 Å². The molecule has 1 aromatic heterocycles. The summed E-state index contributed by atoms with van der Waals surface area (Å²) in [5.41, 5.74) is 4.40. The van der Waals surface area contributed by atoms with Crippen LogP contribution in [0.15, 0.2) is 71.6 Å². The van der Waals surface area contributed by atoms with E-state index < -0.39 is 57.7 Å². The molecule has 9 nitrogen and oxygen atoms in total. The predicted octanol–water partition coefficient (Wildman–Crippen LogP) is 6.18. The average molecular weight is 623 g/mol. The Kier molecular flexibility index (Phi) is 8.67. The number of sulfonamides is 1. The van der Waals surface area contributed by atoms with Crippen LogP contribution in [0, 0.1) is 0 Å². The molecule has 14 heteroatoms. The molecule has 1 heterocycles. The van der Waals surface area contributed by atoms with Crippen LogP contribution < -0.4 is 15.2 Å². The zero-order chi connectivity index (χ0) is 30.9. The normalized spacial score (nSPS) is 13.0. The molecule has 0 saturated heterocycles. The van der Waals surface area contributed by atoms with E-state index in [-0.39, 0.29) is 32.1 Å². The molecule has 0 amide bonds. The standard InChI is InChI=1S/C28H26ClF3N4O5S/c1-27(2,3)41-26(37)17-10-8-9-16(18(17)15-33)23(28(30,31)32)40-25-24(34-20-12-5-6-13-21(20)35-25)36-42(38,39)22-14-7-4-11-19(22)29/h4-14,23H,15,33H2,1-3H3,(H,34,36). The van der Waals surface area contributed by atoms with Crippen LogP contribution in [0.5, 0.6) is 5.88 Å². The lowest BCUT2D eigenvalue weighted by molar-refractivity contribution is -0.198. The lowest BCUT2D eigenvalue weighted by atomic mass is 9.96. The van der Waals surface area contributed by atoms with E-state index in [4.69, 9.17) is 26.8 Å². The van der Waals surface area contributed by atoms with Gasteiger partial charge in [-0.15, -0.1) is 0 Å². The van der Waals surface area contributed by atoms with Gasteiger partial charge in [-0.2, -0.15) is 13.2 Å². The van der Waals surface area contributed by atoms with Gasteiger partial charge >= 0.3 is 12.1 Å². The largest absolute Gasteiger partial charge is 0.457 e. The van der Waals surface area contributed by atoms with Crippen molar-refractivity contribution >= 4 is 44.4 Å². The van der Waals surface area contributed by atoms with E-state index in [1.54, 1.807) is 32.9 Å². The maximum absolute atomic E-state index is 14.6. The van der Waals surface area contributed by atoms with Gasteiger partial charge in [0.05, 0.1) is 21.6 Å². The number of nitrogens with zero attached hydrogens (tertiary/aromatic N) is 2. The number of halogens is 4. The van der Waals surface area contributed by atoms with Gasteiger partial charge in [0.25, 0.3) is 15.9 Å². The Morgan fingerprint density at radius 3 is 2.19 bits per heavy atom. The molecule has 3 aromatic carbocycles. The van der Waals surface area contributed by atoms with Gasteiger partial charge in [0.15, 0.2) is 0 Å². The Balaban J connectivity index is 1.85. The number of esters is 1. The molecular formula is C28H26ClF3N4O5S. The van der Waals surface area contributed by atoms with E-state index in [1.165, 1.54) is 48.5 Å². The van der Waals surface area contributed by atoms with Crippen molar-refractivity contribution in [3.8, 4) is 5.88 Å². The number of carbonyl (C=O) groups is 1. The molecule has 1 unspecified atom stereocenters. The highest BCUT2D eigenvalue weighted by Crippen LogP contribution is 2.41. The number of carbonyl (C=O) groups excluding carboxylic acids is 1. The minimum absolute atomic E-state index is 0.124. The zero-order valence-corrected chi connectivity index (χ0v) is 24.1. The molecule has 222 valence electrons. The summed E-state index contributed by atoms with van der Waals surface area (Å²) in [4.78, 5) is 20.8. The van der Waals surface area contributed by atoms with Crippen molar-refractivity contribution in [2.75, 3.05) is 4.72 Å². The number of aromatic nitrogens is 2. The van der Waals surface area contributed by atoms with Gasteiger partial charge in [0, 0.05) is 12.1 Å². The summed E-state index contributed by atoms with van der Waals surface area (Å²) in [5.74, 6) is -2.25. The number of ether oxygens (including phenoxy) is 2. The number of benzene rings is 3. The molecule has 0 aliphatic heterocycles. The first-order valence-corrected chi connectivity index (χ1v) is 14.3. The quantitative estimate of drug-likeness (QED) is 0.223. The molecular weight excluding hydrogens is 597 g/mol. The van der Waals surface area contributed by atoms with Crippen molar-refractivity contribution in [1.29, 1.82) is 0 Å². The molecule has 42 heavy (non-hydrogen) atoms. The third-order valence-electron chi connectivity index (χ3n) is 5.74. The van der Waals surface area contributed by atoms with E-state index in [1.807, 2.05) is 0 Å². The minimum atomic E-state index is -5.07. The lowest BCUT2D eigenvalue weighted by Gasteiger charge is -2.26. The highest BCUT2D eigenvalue weighted by Gasteiger charge is 2.45. The van der Waals surface area contributed by atoms with Crippen LogP contribution in [0.25, 0.3) is 11.0 Å². The van der Waals surface area contributed by atoms with Crippen molar-refractivity contribution in [1.82, 2.24) is 9.97 Å². The summed E-state index contributed by atoms with van der Waals surface area (Å²) in [6.45, 7) is 4.38. The molecule has 0 saturated carbocycles. The van der Waals surface area contributed by atoms with Crippen molar-refractivity contribution in [2.45, 2.75) is 50.1 Å². The molecule has 0 bridgehead atoms. The fourth-order valence-electron chi connectivity index (χ4n) is 4.00. The third kappa shape index (κ3) is 6.92. The maximum Gasteiger partial charge on any atom is 0.429 e. The number of anilines is 1. The third-order valence-corrected chi connectivity index (χ3v) is 7.58. The van der Waals surface area contributed by atoms with E-state index in [0.717, 1.165) is 6.07 Å². The second kappa shape index (κ2) is 11.7. The summed E-state index contributed by atoms with van der Waals surface area (Å²) >= 11 is 6.06. The zero-order valence-electron chi connectivity index (χ0n) is 22.6. The van der Waals surface area contributed by atoms with Crippen molar-refractivity contribution in [2.24, 2.45) is 5.73 Å². The van der Waals surface area contributed by atoms with Gasteiger partial charge < -0.3 is 15.2 Å². The fourth-order valence-corrected chi connectivity index (χ4v) is 5.52. The van der Waals surface area contributed by atoms with E-state index >= 15 is 0 Å². The number of fused-ring (bicyclic) bond motifs is 1. The van der Waals surface area contributed by atoms with Crippen LogP contribution in [0.1, 0.15) is 48.4 Å².